The summed E-state index contributed by atoms with van der Waals surface area (Å²) in [7, 11) is 0. The maximum Gasteiger partial charge on any atom is 0.107 e. The first-order chi connectivity index (χ1) is 5.90. The molecule has 0 aromatic carbocycles. The van der Waals surface area contributed by atoms with Crippen LogP contribution in [0, 0.1) is 5.92 Å². The first-order valence-corrected chi connectivity index (χ1v) is 5.16. The van der Waals surface area contributed by atoms with Crippen LogP contribution in [0.4, 0.5) is 0 Å². The monoisotopic (exact) mass is 170 g/mol. The second kappa shape index (κ2) is 3.75. The van der Waals surface area contributed by atoms with Crippen LogP contribution in [-0.2, 0) is 4.74 Å². The van der Waals surface area contributed by atoms with E-state index in [4.69, 9.17) is 9.84 Å². The normalized spacial score (nSPS) is 36.8. The Morgan fingerprint density at radius 3 is 2.42 bits per heavy atom. The lowest BCUT2D eigenvalue weighted by atomic mass is 9.86. The van der Waals surface area contributed by atoms with Gasteiger partial charge in [0.15, 0.2) is 0 Å². The van der Waals surface area contributed by atoms with Gasteiger partial charge in [0.25, 0.3) is 0 Å². The van der Waals surface area contributed by atoms with Gasteiger partial charge in [0.1, 0.15) is 6.10 Å². The van der Waals surface area contributed by atoms with Gasteiger partial charge in [-0.1, -0.05) is 32.1 Å². The van der Waals surface area contributed by atoms with Crippen molar-refractivity contribution in [1.82, 2.24) is 0 Å². The summed E-state index contributed by atoms with van der Waals surface area (Å²) < 4.78 is 5.32. The molecule has 1 N–H and O–H groups in total. The summed E-state index contributed by atoms with van der Waals surface area (Å²) in [5.74, 6) is 0.889. The SMILES string of the molecule is OC[C@@H]1O[C@@H]1CC1CCCCC1. The van der Waals surface area contributed by atoms with Gasteiger partial charge in [0.2, 0.25) is 0 Å². The zero-order chi connectivity index (χ0) is 8.39. The third kappa shape index (κ3) is 1.99. The van der Waals surface area contributed by atoms with E-state index >= 15 is 0 Å². The molecule has 1 heterocycles. The molecule has 1 aliphatic heterocycles. The Morgan fingerprint density at radius 1 is 1.08 bits per heavy atom. The maximum absolute atomic E-state index is 8.78. The molecule has 2 fully saturated rings. The van der Waals surface area contributed by atoms with Crippen molar-refractivity contribution in [3.05, 3.63) is 0 Å². The number of epoxide rings is 1. The number of aliphatic hydroxyl groups excluding tert-OH is 1. The highest BCUT2D eigenvalue weighted by Crippen LogP contribution is 2.34. The van der Waals surface area contributed by atoms with Gasteiger partial charge in [0, 0.05) is 0 Å². The van der Waals surface area contributed by atoms with Crippen molar-refractivity contribution >= 4 is 0 Å². The van der Waals surface area contributed by atoms with Gasteiger partial charge in [0.05, 0.1) is 12.7 Å². The first-order valence-electron chi connectivity index (χ1n) is 5.16. The number of hydrogen-bond acceptors (Lipinski definition) is 2. The van der Waals surface area contributed by atoms with E-state index in [0.29, 0.717) is 6.10 Å². The molecule has 0 aromatic heterocycles. The summed E-state index contributed by atoms with van der Waals surface area (Å²) in [5.41, 5.74) is 0. The Bertz CT molecular complexity index is 141. The van der Waals surface area contributed by atoms with Crippen molar-refractivity contribution in [2.24, 2.45) is 5.92 Å². The second-order valence-corrected chi connectivity index (χ2v) is 4.14. The molecule has 0 amide bonds. The van der Waals surface area contributed by atoms with Crippen LogP contribution in [0.3, 0.4) is 0 Å². The Labute approximate surface area is 73.9 Å². The minimum Gasteiger partial charge on any atom is -0.394 e. The number of hydrogen-bond donors (Lipinski definition) is 1. The van der Waals surface area contributed by atoms with Gasteiger partial charge in [-0.25, -0.2) is 0 Å². The summed E-state index contributed by atoms with van der Waals surface area (Å²) in [6.45, 7) is 0.220. The molecule has 1 saturated heterocycles. The van der Waals surface area contributed by atoms with Gasteiger partial charge in [-0.3, -0.25) is 0 Å². The Morgan fingerprint density at radius 2 is 1.83 bits per heavy atom. The molecule has 12 heavy (non-hydrogen) atoms. The fourth-order valence-electron chi connectivity index (χ4n) is 2.30. The fraction of sp³-hybridized carbons (Fsp3) is 1.00. The number of ether oxygens (including phenoxy) is 1. The van der Waals surface area contributed by atoms with E-state index in [2.05, 4.69) is 0 Å². The van der Waals surface area contributed by atoms with Gasteiger partial charge in [-0.2, -0.15) is 0 Å². The Balaban J connectivity index is 1.66. The summed E-state index contributed by atoms with van der Waals surface area (Å²) >= 11 is 0. The van der Waals surface area contributed by atoms with Crippen LogP contribution in [0.1, 0.15) is 38.5 Å². The molecule has 0 aromatic rings. The molecule has 2 rings (SSSR count). The van der Waals surface area contributed by atoms with Crippen LogP contribution in [0.15, 0.2) is 0 Å². The minimum atomic E-state index is 0.187. The van der Waals surface area contributed by atoms with Crippen LogP contribution in [-0.4, -0.2) is 23.9 Å². The van der Waals surface area contributed by atoms with E-state index in [-0.39, 0.29) is 12.7 Å². The molecule has 0 bridgehead atoms. The fourth-order valence-corrected chi connectivity index (χ4v) is 2.30. The summed E-state index contributed by atoms with van der Waals surface area (Å²) in [5, 5.41) is 8.78. The van der Waals surface area contributed by atoms with Crippen LogP contribution >= 0.6 is 0 Å². The Hall–Kier alpha value is -0.0800. The predicted octanol–water partition coefficient (Wildman–Crippen LogP) is 1.72. The highest BCUT2D eigenvalue weighted by atomic mass is 16.6. The zero-order valence-electron chi connectivity index (χ0n) is 7.54. The topological polar surface area (TPSA) is 32.8 Å². The first kappa shape index (κ1) is 8.52. The number of aliphatic hydroxyl groups is 1. The molecule has 2 atom stereocenters. The van der Waals surface area contributed by atoms with Crippen molar-refractivity contribution < 1.29 is 9.84 Å². The summed E-state index contributed by atoms with van der Waals surface area (Å²) in [4.78, 5) is 0. The summed E-state index contributed by atoms with van der Waals surface area (Å²) in [6.07, 6.45) is 8.79. The lowest BCUT2D eigenvalue weighted by Gasteiger charge is -2.20. The van der Waals surface area contributed by atoms with Gasteiger partial charge in [-0.15, -0.1) is 0 Å². The van der Waals surface area contributed by atoms with Crippen molar-refractivity contribution in [2.45, 2.75) is 50.7 Å². The summed E-state index contributed by atoms with van der Waals surface area (Å²) in [6, 6.07) is 0. The van der Waals surface area contributed by atoms with Gasteiger partial charge < -0.3 is 9.84 Å². The molecule has 2 aliphatic rings. The van der Waals surface area contributed by atoms with E-state index < -0.39 is 0 Å². The quantitative estimate of drug-likeness (QED) is 0.654. The van der Waals surface area contributed by atoms with Crippen LogP contribution < -0.4 is 0 Å². The maximum atomic E-state index is 8.78. The van der Waals surface area contributed by atoms with Crippen molar-refractivity contribution in [2.75, 3.05) is 6.61 Å². The van der Waals surface area contributed by atoms with Crippen LogP contribution in [0.2, 0.25) is 0 Å². The minimum absolute atomic E-state index is 0.187. The molecular formula is C10H18O2. The Kier molecular flexibility index (Phi) is 2.66. The molecule has 1 aliphatic carbocycles. The van der Waals surface area contributed by atoms with Crippen molar-refractivity contribution in [3.8, 4) is 0 Å². The molecule has 0 spiro atoms. The molecular weight excluding hydrogens is 152 g/mol. The van der Waals surface area contributed by atoms with Gasteiger partial charge in [-0.05, 0) is 12.3 Å². The highest BCUT2D eigenvalue weighted by Gasteiger charge is 2.39. The van der Waals surface area contributed by atoms with E-state index in [9.17, 15) is 0 Å². The second-order valence-electron chi connectivity index (χ2n) is 4.14. The van der Waals surface area contributed by atoms with Crippen LogP contribution in [0.5, 0.6) is 0 Å². The largest absolute Gasteiger partial charge is 0.394 e. The van der Waals surface area contributed by atoms with Crippen molar-refractivity contribution in [1.29, 1.82) is 0 Å². The van der Waals surface area contributed by atoms with Gasteiger partial charge >= 0.3 is 0 Å². The van der Waals surface area contributed by atoms with E-state index in [0.717, 1.165) is 5.92 Å². The van der Waals surface area contributed by atoms with E-state index in [1.807, 2.05) is 0 Å². The number of rotatable bonds is 3. The molecule has 70 valence electrons. The molecule has 2 heteroatoms. The molecule has 0 radical (unpaired) electrons. The third-order valence-electron chi connectivity index (χ3n) is 3.16. The molecule has 1 saturated carbocycles. The standard InChI is InChI=1S/C10H18O2/c11-7-10-9(12-10)6-8-4-2-1-3-5-8/h8-11H,1-7H2/t9-,10+/m1/s1. The smallest absolute Gasteiger partial charge is 0.107 e. The average molecular weight is 170 g/mol. The molecule has 2 nitrogen and oxygen atoms in total. The average Bonchev–Trinajstić information content (AvgIpc) is 2.85. The van der Waals surface area contributed by atoms with Crippen molar-refractivity contribution in [3.63, 3.8) is 0 Å². The third-order valence-corrected chi connectivity index (χ3v) is 3.16. The lowest BCUT2D eigenvalue weighted by Crippen LogP contribution is -2.10. The zero-order valence-corrected chi connectivity index (χ0v) is 7.54. The molecule has 0 unspecified atom stereocenters. The highest BCUT2D eigenvalue weighted by molar-refractivity contribution is 4.86. The van der Waals surface area contributed by atoms with E-state index in [1.54, 1.807) is 0 Å². The lowest BCUT2D eigenvalue weighted by molar-refractivity contribution is 0.238. The van der Waals surface area contributed by atoms with E-state index in [1.165, 1.54) is 38.5 Å². The predicted molar refractivity (Wildman–Crippen MR) is 46.9 cm³/mol. The van der Waals surface area contributed by atoms with Crippen LogP contribution in [0.25, 0.3) is 0 Å².